The minimum atomic E-state index is -0.429. The van der Waals surface area contributed by atoms with Crippen LogP contribution in [0, 0.1) is 5.82 Å². The fourth-order valence-electron chi connectivity index (χ4n) is 1.83. The van der Waals surface area contributed by atoms with E-state index in [0.717, 1.165) is 15.8 Å². The lowest BCUT2D eigenvalue weighted by Crippen LogP contribution is -2.08. The van der Waals surface area contributed by atoms with Crippen LogP contribution in [0.1, 0.15) is 11.1 Å². The maximum Gasteiger partial charge on any atom is 0.148 e. The summed E-state index contributed by atoms with van der Waals surface area (Å²) in [5.41, 5.74) is 1.44. The summed E-state index contributed by atoms with van der Waals surface area (Å²) >= 11 is 9.17. The average molecular weight is 359 g/mol. The minimum absolute atomic E-state index is 0.109. The summed E-state index contributed by atoms with van der Waals surface area (Å²) in [6.45, 7) is 0.817. The van der Waals surface area contributed by atoms with Gasteiger partial charge in [-0.3, -0.25) is 0 Å². The smallest absolute Gasteiger partial charge is 0.148 e. The third kappa shape index (κ3) is 3.72. The maximum atomic E-state index is 13.8. The molecule has 0 bridgehead atoms. The molecule has 2 aromatic carbocycles. The number of hydrogen-bond acceptors (Lipinski definition) is 2. The number of nitrogens with one attached hydrogen (secondary N) is 1. The van der Waals surface area contributed by atoms with E-state index >= 15 is 0 Å². The van der Waals surface area contributed by atoms with Crippen LogP contribution in [0.25, 0.3) is 0 Å². The van der Waals surface area contributed by atoms with Gasteiger partial charge in [0.1, 0.15) is 18.2 Å². The average Bonchev–Trinajstić information content (AvgIpc) is 2.42. The van der Waals surface area contributed by atoms with E-state index in [1.54, 1.807) is 12.1 Å². The van der Waals surface area contributed by atoms with Gasteiger partial charge in [0.05, 0.1) is 5.02 Å². The Morgan fingerprint density at radius 2 is 2.05 bits per heavy atom. The summed E-state index contributed by atoms with van der Waals surface area (Å²) in [6, 6.07) is 10.6. The first-order valence-corrected chi connectivity index (χ1v) is 7.27. The first kappa shape index (κ1) is 15.3. The molecule has 0 aliphatic carbocycles. The van der Waals surface area contributed by atoms with E-state index in [0.29, 0.717) is 12.1 Å². The molecule has 1 N–H and O–H groups in total. The van der Waals surface area contributed by atoms with E-state index in [2.05, 4.69) is 21.2 Å². The van der Waals surface area contributed by atoms with E-state index in [1.165, 1.54) is 6.07 Å². The minimum Gasteiger partial charge on any atom is -0.488 e. The predicted molar refractivity (Wildman–Crippen MR) is 82.6 cm³/mol. The van der Waals surface area contributed by atoms with Gasteiger partial charge in [0.2, 0.25) is 0 Å². The van der Waals surface area contributed by atoms with Gasteiger partial charge in [-0.1, -0.05) is 39.7 Å². The molecule has 2 rings (SSSR count). The van der Waals surface area contributed by atoms with Crippen molar-refractivity contribution < 1.29 is 9.13 Å². The molecule has 0 unspecified atom stereocenters. The second kappa shape index (κ2) is 7.07. The van der Waals surface area contributed by atoms with Crippen LogP contribution in [-0.2, 0) is 13.2 Å². The molecule has 0 aliphatic heterocycles. The summed E-state index contributed by atoms with van der Waals surface area (Å²) in [7, 11) is 1.86. The second-order valence-corrected chi connectivity index (χ2v) is 5.61. The molecule has 106 valence electrons. The van der Waals surface area contributed by atoms with Crippen molar-refractivity contribution in [3.05, 3.63) is 62.8 Å². The van der Waals surface area contributed by atoms with Crippen LogP contribution >= 0.6 is 27.5 Å². The number of rotatable bonds is 5. The Labute approximate surface area is 131 Å². The van der Waals surface area contributed by atoms with Gasteiger partial charge in [-0.2, -0.15) is 0 Å². The molecule has 0 spiro atoms. The van der Waals surface area contributed by atoms with Crippen LogP contribution in [0.4, 0.5) is 4.39 Å². The number of ether oxygens (including phenoxy) is 1. The van der Waals surface area contributed by atoms with Crippen molar-refractivity contribution in [3.63, 3.8) is 0 Å². The summed E-state index contributed by atoms with van der Waals surface area (Å²) in [4.78, 5) is 0. The molecular formula is C15H14BrClFNO. The summed E-state index contributed by atoms with van der Waals surface area (Å²) in [5.74, 6) is 0.295. The third-order valence-electron chi connectivity index (χ3n) is 2.80. The first-order valence-electron chi connectivity index (χ1n) is 6.10. The highest BCUT2D eigenvalue weighted by Gasteiger charge is 2.09. The quantitative estimate of drug-likeness (QED) is 0.847. The maximum absolute atomic E-state index is 13.8. The standard InChI is InChI=1S/C15H14BrClFNO/c1-19-8-11-7-12(16)5-6-14(11)20-9-10-3-2-4-13(17)15(10)18/h2-7,19H,8-9H2,1H3. The van der Waals surface area contributed by atoms with Crippen molar-refractivity contribution >= 4 is 27.5 Å². The molecule has 0 amide bonds. The molecular weight excluding hydrogens is 345 g/mol. The van der Waals surface area contributed by atoms with Crippen molar-refractivity contribution in [1.82, 2.24) is 5.32 Å². The van der Waals surface area contributed by atoms with Crippen molar-refractivity contribution in [3.8, 4) is 5.75 Å². The Morgan fingerprint density at radius 3 is 2.80 bits per heavy atom. The third-order valence-corrected chi connectivity index (χ3v) is 3.59. The van der Waals surface area contributed by atoms with Gasteiger partial charge in [-0.15, -0.1) is 0 Å². The topological polar surface area (TPSA) is 21.3 Å². The number of benzene rings is 2. The molecule has 0 saturated carbocycles. The zero-order chi connectivity index (χ0) is 14.5. The summed E-state index contributed by atoms with van der Waals surface area (Å²) in [5, 5.41) is 3.18. The van der Waals surface area contributed by atoms with Crippen molar-refractivity contribution in [2.75, 3.05) is 7.05 Å². The predicted octanol–water partition coefficient (Wildman–Crippen LogP) is 4.54. The Bertz CT molecular complexity index is 606. The second-order valence-electron chi connectivity index (χ2n) is 4.28. The Kier molecular flexibility index (Phi) is 5.40. The largest absolute Gasteiger partial charge is 0.488 e. The Balaban J connectivity index is 2.16. The van der Waals surface area contributed by atoms with Crippen LogP contribution in [-0.4, -0.2) is 7.05 Å². The zero-order valence-electron chi connectivity index (χ0n) is 10.9. The van der Waals surface area contributed by atoms with Gasteiger partial charge in [0, 0.05) is 22.1 Å². The summed E-state index contributed by atoms with van der Waals surface area (Å²) in [6.07, 6.45) is 0. The molecule has 0 aromatic heterocycles. The zero-order valence-corrected chi connectivity index (χ0v) is 13.3. The molecule has 0 aliphatic rings. The van der Waals surface area contributed by atoms with Gasteiger partial charge in [-0.25, -0.2) is 4.39 Å². The van der Waals surface area contributed by atoms with Crippen LogP contribution in [0.2, 0.25) is 5.02 Å². The highest BCUT2D eigenvalue weighted by molar-refractivity contribution is 9.10. The van der Waals surface area contributed by atoms with E-state index in [-0.39, 0.29) is 11.6 Å². The highest BCUT2D eigenvalue weighted by Crippen LogP contribution is 2.25. The molecule has 20 heavy (non-hydrogen) atoms. The first-order chi connectivity index (χ1) is 9.61. The lowest BCUT2D eigenvalue weighted by Gasteiger charge is -2.12. The Hall–Kier alpha value is -1.10. The van der Waals surface area contributed by atoms with E-state index in [1.807, 2.05) is 25.2 Å². The van der Waals surface area contributed by atoms with Crippen molar-refractivity contribution in [1.29, 1.82) is 0 Å². The monoisotopic (exact) mass is 357 g/mol. The van der Waals surface area contributed by atoms with Gasteiger partial charge < -0.3 is 10.1 Å². The molecule has 0 fully saturated rings. The fourth-order valence-corrected chi connectivity index (χ4v) is 2.44. The summed E-state index contributed by atoms with van der Waals surface area (Å²) < 4.78 is 20.5. The SMILES string of the molecule is CNCc1cc(Br)ccc1OCc1cccc(Cl)c1F. The van der Waals surface area contributed by atoms with Crippen LogP contribution < -0.4 is 10.1 Å². The lowest BCUT2D eigenvalue weighted by atomic mass is 10.2. The van der Waals surface area contributed by atoms with Crippen molar-refractivity contribution in [2.24, 2.45) is 0 Å². The van der Waals surface area contributed by atoms with Crippen LogP contribution in [0.3, 0.4) is 0 Å². The van der Waals surface area contributed by atoms with E-state index in [9.17, 15) is 4.39 Å². The number of hydrogen-bond donors (Lipinski definition) is 1. The molecule has 5 heteroatoms. The van der Waals surface area contributed by atoms with Crippen LogP contribution in [0.15, 0.2) is 40.9 Å². The van der Waals surface area contributed by atoms with Crippen LogP contribution in [0.5, 0.6) is 5.75 Å². The van der Waals surface area contributed by atoms with Gasteiger partial charge in [0.25, 0.3) is 0 Å². The van der Waals surface area contributed by atoms with Gasteiger partial charge in [-0.05, 0) is 31.3 Å². The molecule has 2 nitrogen and oxygen atoms in total. The molecule has 0 atom stereocenters. The Morgan fingerprint density at radius 1 is 1.25 bits per heavy atom. The number of halogens is 3. The molecule has 2 aromatic rings. The molecule has 0 heterocycles. The normalized spacial score (nSPS) is 10.6. The highest BCUT2D eigenvalue weighted by atomic mass is 79.9. The van der Waals surface area contributed by atoms with Crippen molar-refractivity contribution in [2.45, 2.75) is 13.2 Å². The van der Waals surface area contributed by atoms with Gasteiger partial charge in [0.15, 0.2) is 0 Å². The lowest BCUT2D eigenvalue weighted by molar-refractivity contribution is 0.296. The molecule has 0 radical (unpaired) electrons. The fraction of sp³-hybridized carbons (Fsp3) is 0.200. The molecule has 0 saturated heterocycles. The van der Waals surface area contributed by atoms with E-state index in [4.69, 9.17) is 16.3 Å². The van der Waals surface area contributed by atoms with Gasteiger partial charge >= 0.3 is 0 Å². The van der Waals surface area contributed by atoms with E-state index < -0.39 is 5.82 Å².